The molecular formula is C14H10BF4O. The second-order valence-corrected chi connectivity index (χ2v) is 4.24. The summed E-state index contributed by atoms with van der Waals surface area (Å²) >= 11 is 0. The Kier molecular flexibility index (Phi) is 4.02. The summed E-state index contributed by atoms with van der Waals surface area (Å²) < 4.78 is 59.2. The third kappa shape index (κ3) is 2.64. The van der Waals surface area contributed by atoms with E-state index in [1.807, 2.05) is 0 Å². The summed E-state index contributed by atoms with van der Waals surface area (Å²) in [5.41, 5.74) is -0.384. The smallest absolute Gasteiger partial charge is 0.208 e. The van der Waals surface area contributed by atoms with Crippen LogP contribution in [0.4, 0.5) is 17.6 Å². The van der Waals surface area contributed by atoms with E-state index in [1.165, 1.54) is 20.1 Å². The molecule has 20 heavy (non-hydrogen) atoms. The molecule has 0 N–H and O–H groups in total. The molecule has 0 amide bonds. The molecule has 2 aromatic carbocycles. The SMILES string of the molecule is COc1cc(F)cc(F)c1[B]c1c(F)ccc(C)c1F. The lowest BCUT2D eigenvalue weighted by Crippen LogP contribution is -2.35. The van der Waals surface area contributed by atoms with E-state index in [0.29, 0.717) is 6.07 Å². The molecule has 0 aliphatic carbocycles. The molecule has 0 atom stereocenters. The van der Waals surface area contributed by atoms with Gasteiger partial charge in [-0.05, 0) is 29.5 Å². The van der Waals surface area contributed by atoms with Gasteiger partial charge in [-0.3, -0.25) is 0 Å². The molecule has 0 saturated carbocycles. The van der Waals surface area contributed by atoms with Crippen LogP contribution in [0, 0.1) is 30.2 Å². The monoisotopic (exact) mass is 281 g/mol. The maximum Gasteiger partial charge on any atom is 0.208 e. The van der Waals surface area contributed by atoms with Crippen molar-refractivity contribution in [2.24, 2.45) is 0 Å². The Labute approximate surface area is 114 Å². The number of methoxy groups -OCH3 is 1. The minimum Gasteiger partial charge on any atom is -0.497 e. The van der Waals surface area contributed by atoms with Gasteiger partial charge in [0.1, 0.15) is 29.0 Å². The van der Waals surface area contributed by atoms with E-state index in [4.69, 9.17) is 4.74 Å². The van der Waals surface area contributed by atoms with E-state index in [-0.39, 0.29) is 16.8 Å². The summed E-state index contributed by atoms with van der Waals surface area (Å²) in [5.74, 6) is -3.55. The Morgan fingerprint density at radius 1 is 0.950 bits per heavy atom. The highest BCUT2D eigenvalue weighted by molar-refractivity contribution is 6.68. The average molecular weight is 281 g/mol. The van der Waals surface area contributed by atoms with E-state index in [1.54, 1.807) is 0 Å². The van der Waals surface area contributed by atoms with Gasteiger partial charge in [-0.1, -0.05) is 6.07 Å². The van der Waals surface area contributed by atoms with Crippen LogP contribution in [0.25, 0.3) is 0 Å². The second kappa shape index (κ2) is 5.57. The lowest BCUT2D eigenvalue weighted by Gasteiger charge is -2.11. The topological polar surface area (TPSA) is 9.23 Å². The third-order valence-electron chi connectivity index (χ3n) is 2.88. The molecule has 0 bridgehead atoms. The molecule has 0 fully saturated rings. The molecule has 2 aromatic rings. The fourth-order valence-corrected chi connectivity index (χ4v) is 1.83. The molecule has 1 nitrogen and oxygen atoms in total. The number of hydrogen-bond donors (Lipinski definition) is 0. The van der Waals surface area contributed by atoms with Crippen LogP contribution >= 0.6 is 0 Å². The van der Waals surface area contributed by atoms with E-state index in [9.17, 15) is 17.6 Å². The summed E-state index contributed by atoms with van der Waals surface area (Å²) in [4.78, 5) is 0. The number of benzene rings is 2. The summed E-state index contributed by atoms with van der Waals surface area (Å²) in [5, 5.41) is 0. The predicted molar refractivity (Wildman–Crippen MR) is 69.0 cm³/mol. The van der Waals surface area contributed by atoms with Crippen LogP contribution in [0.1, 0.15) is 5.56 Å². The van der Waals surface area contributed by atoms with Gasteiger partial charge in [-0.2, -0.15) is 0 Å². The maximum atomic E-state index is 13.9. The van der Waals surface area contributed by atoms with Gasteiger partial charge in [-0.25, -0.2) is 17.6 Å². The highest BCUT2D eigenvalue weighted by Gasteiger charge is 2.19. The first-order valence-electron chi connectivity index (χ1n) is 5.76. The zero-order chi connectivity index (χ0) is 14.9. The van der Waals surface area contributed by atoms with Crippen molar-refractivity contribution in [2.45, 2.75) is 6.92 Å². The average Bonchev–Trinajstić information content (AvgIpc) is 2.40. The van der Waals surface area contributed by atoms with Gasteiger partial charge in [0.05, 0.1) is 7.11 Å². The first-order chi connectivity index (χ1) is 9.43. The van der Waals surface area contributed by atoms with E-state index < -0.39 is 28.7 Å². The first-order valence-corrected chi connectivity index (χ1v) is 5.76. The Morgan fingerprint density at radius 3 is 2.30 bits per heavy atom. The van der Waals surface area contributed by atoms with Crippen molar-refractivity contribution in [3.8, 4) is 5.75 Å². The molecule has 0 heterocycles. The Morgan fingerprint density at radius 2 is 1.65 bits per heavy atom. The fraction of sp³-hybridized carbons (Fsp3) is 0.143. The highest BCUT2D eigenvalue weighted by atomic mass is 19.1. The van der Waals surface area contributed by atoms with Crippen molar-refractivity contribution >= 4 is 18.2 Å². The lowest BCUT2D eigenvalue weighted by atomic mass is 9.62. The summed E-state index contributed by atoms with van der Waals surface area (Å²) in [6.07, 6.45) is 0. The van der Waals surface area contributed by atoms with Gasteiger partial charge in [0.25, 0.3) is 0 Å². The number of halogens is 4. The standard InChI is InChI=1S/C14H10BF4O/c1-7-3-4-9(17)13(14(7)19)15-12-10(18)5-8(16)6-11(12)20-2/h3-6H,1-2H3. The van der Waals surface area contributed by atoms with E-state index in [0.717, 1.165) is 19.4 Å². The van der Waals surface area contributed by atoms with Crippen LogP contribution in [-0.4, -0.2) is 14.4 Å². The minimum absolute atomic E-state index is 0.136. The Bertz CT molecular complexity index is 658. The van der Waals surface area contributed by atoms with Crippen molar-refractivity contribution in [2.75, 3.05) is 7.11 Å². The quantitative estimate of drug-likeness (QED) is 0.619. The second-order valence-electron chi connectivity index (χ2n) is 4.24. The van der Waals surface area contributed by atoms with Crippen molar-refractivity contribution < 1.29 is 22.3 Å². The van der Waals surface area contributed by atoms with Gasteiger partial charge < -0.3 is 4.74 Å². The molecule has 1 radical (unpaired) electrons. The summed E-state index contributed by atoms with van der Waals surface area (Å²) in [6, 6.07) is 3.93. The summed E-state index contributed by atoms with van der Waals surface area (Å²) in [6.45, 7) is 1.46. The van der Waals surface area contributed by atoms with Crippen LogP contribution in [0.2, 0.25) is 0 Å². The molecule has 6 heteroatoms. The molecule has 103 valence electrons. The van der Waals surface area contributed by atoms with Crippen LogP contribution in [0.5, 0.6) is 5.75 Å². The van der Waals surface area contributed by atoms with Crippen LogP contribution in [0.15, 0.2) is 24.3 Å². The normalized spacial score (nSPS) is 10.5. The van der Waals surface area contributed by atoms with Crippen molar-refractivity contribution in [3.63, 3.8) is 0 Å². The van der Waals surface area contributed by atoms with Crippen LogP contribution < -0.4 is 15.7 Å². The maximum absolute atomic E-state index is 13.9. The first kappa shape index (κ1) is 14.4. The van der Waals surface area contributed by atoms with Crippen LogP contribution in [-0.2, 0) is 0 Å². The zero-order valence-corrected chi connectivity index (χ0v) is 10.8. The lowest BCUT2D eigenvalue weighted by molar-refractivity contribution is 0.411. The Hall–Kier alpha value is -1.98. The highest BCUT2D eigenvalue weighted by Crippen LogP contribution is 2.13. The molecule has 0 spiro atoms. The van der Waals surface area contributed by atoms with E-state index in [2.05, 4.69) is 0 Å². The van der Waals surface area contributed by atoms with Crippen molar-refractivity contribution in [3.05, 3.63) is 53.1 Å². The molecule has 0 aliphatic rings. The van der Waals surface area contributed by atoms with Gasteiger partial charge in [-0.15, -0.1) is 0 Å². The number of hydrogen-bond acceptors (Lipinski definition) is 1. The van der Waals surface area contributed by atoms with Gasteiger partial charge in [0.2, 0.25) is 7.28 Å². The molecule has 0 aromatic heterocycles. The third-order valence-corrected chi connectivity index (χ3v) is 2.88. The molecular weight excluding hydrogens is 271 g/mol. The van der Waals surface area contributed by atoms with Crippen molar-refractivity contribution in [1.82, 2.24) is 0 Å². The number of ether oxygens (including phenoxy) is 1. The van der Waals surface area contributed by atoms with Gasteiger partial charge in [0, 0.05) is 12.1 Å². The number of rotatable bonds is 3. The predicted octanol–water partition coefficient (Wildman–Crippen LogP) is 2.22. The van der Waals surface area contributed by atoms with Crippen LogP contribution in [0.3, 0.4) is 0 Å². The molecule has 2 rings (SSSR count). The molecule has 0 saturated heterocycles. The molecule has 0 unspecified atom stereocenters. The minimum atomic E-state index is -0.956. The van der Waals surface area contributed by atoms with Gasteiger partial charge in [0.15, 0.2) is 0 Å². The zero-order valence-electron chi connectivity index (χ0n) is 10.8. The largest absolute Gasteiger partial charge is 0.497 e. The number of aryl methyl sites for hydroxylation is 1. The van der Waals surface area contributed by atoms with Gasteiger partial charge >= 0.3 is 0 Å². The fourth-order valence-electron chi connectivity index (χ4n) is 1.83. The summed E-state index contributed by atoms with van der Waals surface area (Å²) in [7, 11) is 2.18. The Balaban J connectivity index is 2.53. The van der Waals surface area contributed by atoms with Crippen molar-refractivity contribution in [1.29, 1.82) is 0 Å². The molecule has 0 aliphatic heterocycles. The van der Waals surface area contributed by atoms with E-state index >= 15 is 0 Å².